The van der Waals surface area contributed by atoms with E-state index in [1.807, 2.05) is 6.08 Å². The highest BCUT2D eigenvalue weighted by atomic mass is 16.7. The van der Waals surface area contributed by atoms with Crippen molar-refractivity contribution < 1.29 is 39.8 Å². The van der Waals surface area contributed by atoms with Crippen molar-refractivity contribution in [3.8, 4) is 0 Å². The van der Waals surface area contributed by atoms with Gasteiger partial charge in [-0.25, -0.2) is 0 Å². The SMILES string of the molecule is CCCC/C=C\CCCCCCCC(=O)NC(COC1OC(CO)C(O)C(O)C1O)C(O)/C=C/CC/C=C/CCCCCCCCCCCCCCCCCCCCCC. The number of carbonyl (C=O) groups is 1. The molecule has 0 saturated carbocycles. The van der Waals surface area contributed by atoms with Crippen LogP contribution >= 0.6 is 0 Å². The monoisotopic (exact) mass is 850 g/mol. The molecule has 60 heavy (non-hydrogen) atoms. The molecule has 9 nitrogen and oxygen atoms in total. The van der Waals surface area contributed by atoms with E-state index in [2.05, 4.69) is 43.5 Å². The fraction of sp³-hybridized carbons (Fsp3) is 0.863. The average Bonchev–Trinajstić information content (AvgIpc) is 3.25. The fourth-order valence-corrected chi connectivity index (χ4v) is 7.86. The van der Waals surface area contributed by atoms with Gasteiger partial charge in [0.25, 0.3) is 0 Å². The van der Waals surface area contributed by atoms with Gasteiger partial charge in [-0.3, -0.25) is 4.79 Å². The van der Waals surface area contributed by atoms with Gasteiger partial charge in [-0.2, -0.15) is 0 Å². The Hall–Kier alpha value is -1.59. The molecule has 1 aliphatic rings. The lowest BCUT2D eigenvalue weighted by Gasteiger charge is -2.40. The summed E-state index contributed by atoms with van der Waals surface area (Å²) in [7, 11) is 0. The van der Waals surface area contributed by atoms with Crippen LogP contribution in [0.1, 0.15) is 226 Å². The molecule has 1 rings (SSSR count). The second-order valence-corrected chi connectivity index (χ2v) is 17.6. The summed E-state index contributed by atoms with van der Waals surface area (Å²) in [5.41, 5.74) is 0. The van der Waals surface area contributed by atoms with Gasteiger partial charge in [0.2, 0.25) is 5.91 Å². The Morgan fingerprint density at radius 1 is 0.550 bits per heavy atom. The summed E-state index contributed by atoms with van der Waals surface area (Å²) in [6, 6.07) is -0.824. The second kappa shape index (κ2) is 41.4. The number of carbonyl (C=O) groups excluding carboxylic acids is 1. The summed E-state index contributed by atoms with van der Waals surface area (Å²) < 4.78 is 11.2. The molecule has 352 valence electrons. The Morgan fingerprint density at radius 3 is 1.45 bits per heavy atom. The lowest BCUT2D eigenvalue weighted by molar-refractivity contribution is -0.302. The highest BCUT2D eigenvalue weighted by molar-refractivity contribution is 5.76. The molecule has 0 spiro atoms. The van der Waals surface area contributed by atoms with E-state index in [1.54, 1.807) is 6.08 Å². The molecule has 1 saturated heterocycles. The Labute approximate surface area is 368 Å². The van der Waals surface area contributed by atoms with Gasteiger partial charge in [-0.05, 0) is 51.4 Å². The zero-order valence-electron chi connectivity index (χ0n) is 38.7. The predicted octanol–water partition coefficient (Wildman–Crippen LogP) is 11.2. The number of hydrogen-bond acceptors (Lipinski definition) is 8. The van der Waals surface area contributed by atoms with E-state index < -0.39 is 49.5 Å². The number of amides is 1. The van der Waals surface area contributed by atoms with Gasteiger partial charge in [0.1, 0.15) is 24.4 Å². The number of nitrogens with one attached hydrogen (secondary N) is 1. The van der Waals surface area contributed by atoms with Crippen molar-refractivity contribution in [1.82, 2.24) is 5.32 Å². The van der Waals surface area contributed by atoms with E-state index in [1.165, 1.54) is 141 Å². The fourth-order valence-electron chi connectivity index (χ4n) is 7.86. The summed E-state index contributed by atoms with van der Waals surface area (Å²) in [5.74, 6) is -0.198. The topological polar surface area (TPSA) is 149 Å². The first-order valence-corrected chi connectivity index (χ1v) is 25.2. The van der Waals surface area contributed by atoms with E-state index in [9.17, 15) is 30.3 Å². The van der Waals surface area contributed by atoms with Gasteiger partial charge in [0.15, 0.2) is 6.29 Å². The van der Waals surface area contributed by atoms with Crippen molar-refractivity contribution in [2.45, 2.75) is 269 Å². The number of rotatable bonds is 42. The summed E-state index contributed by atoms with van der Waals surface area (Å²) in [6.07, 6.45) is 45.0. The highest BCUT2D eigenvalue weighted by Gasteiger charge is 2.44. The van der Waals surface area contributed by atoms with Crippen LogP contribution in [0.4, 0.5) is 0 Å². The molecule has 1 aliphatic heterocycles. The van der Waals surface area contributed by atoms with E-state index in [4.69, 9.17) is 9.47 Å². The number of aliphatic hydroxyl groups excluding tert-OH is 5. The molecule has 6 N–H and O–H groups in total. The zero-order chi connectivity index (χ0) is 43.7. The molecular weight excluding hydrogens is 755 g/mol. The summed E-state index contributed by atoms with van der Waals surface area (Å²) in [5, 5.41) is 54.2. The molecule has 0 bridgehead atoms. The molecule has 0 aromatic rings. The zero-order valence-corrected chi connectivity index (χ0v) is 38.7. The standard InChI is InChI=1S/C51H95NO8/c1-3-5-7-9-11-13-15-16-17-18-19-20-21-22-23-24-25-26-27-28-29-31-32-34-36-38-40-45(54)44(43-59-51-50(58)49(57)48(56)46(42-53)60-51)52-47(55)41-39-37-35-33-30-14-12-10-8-6-4-2/h10,12,31-32,38,40,44-46,48-51,53-54,56-58H,3-9,11,13-30,33-37,39,41-43H2,1-2H3,(H,52,55)/b12-10-,32-31+,40-38+. The first kappa shape index (κ1) is 56.4. The molecule has 1 amide bonds. The number of ether oxygens (including phenoxy) is 2. The van der Waals surface area contributed by atoms with Crippen LogP contribution in [-0.4, -0.2) is 87.5 Å². The molecule has 1 fully saturated rings. The summed E-state index contributed by atoms with van der Waals surface area (Å²) >= 11 is 0. The molecule has 7 unspecified atom stereocenters. The molecular formula is C51H95NO8. The van der Waals surface area contributed by atoms with Crippen LogP contribution in [0.15, 0.2) is 36.5 Å². The number of hydrogen-bond donors (Lipinski definition) is 6. The number of allylic oxidation sites excluding steroid dienone is 5. The van der Waals surface area contributed by atoms with Gasteiger partial charge in [0.05, 0.1) is 25.4 Å². The summed E-state index contributed by atoms with van der Waals surface area (Å²) in [4.78, 5) is 12.9. The number of unbranched alkanes of at least 4 members (excludes halogenated alkanes) is 28. The van der Waals surface area contributed by atoms with Crippen LogP contribution in [-0.2, 0) is 14.3 Å². The van der Waals surface area contributed by atoms with Gasteiger partial charge in [-0.1, -0.05) is 204 Å². The van der Waals surface area contributed by atoms with E-state index in [0.29, 0.717) is 6.42 Å². The quantitative estimate of drug-likeness (QED) is 0.0263. The van der Waals surface area contributed by atoms with Crippen LogP contribution < -0.4 is 5.32 Å². The third-order valence-corrected chi connectivity index (χ3v) is 11.9. The lowest BCUT2D eigenvalue weighted by atomic mass is 9.99. The minimum Gasteiger partial charge on any atom is -0.394 e. The molecule has 0 aliphatic carbocycles. The molecule has 9 heteroatoms. The van der Waals surface area contributed by atoms with Crippen molar-refractivity contribution in [2.24, 2.45) is 0 Å². The first-order chi connectivity index (χ1) is 29.3. The Morgan fingerprint density at radius 2 is 0.967 bits per heavy atom. The van der Waals surface area contributed by atoms with Crippen molar-refractivity contribution in [3.63, 3.8) is 0 Å². The predicted molar refractivity (Wildman–Crippen MR) is 249 cm³/mol. The molecule has 7 atom stereocenters. The Balaban J connectivity index is 2.26. The lowest BCUT2D eigenvalue weighted by Crippen LogP contribution is -2.60. The maximum absolute atomic E-state index is 12.9. The third-order valence-electron chi connectivity index (χ3n) is 11.9. The van der Waals surface area contributed by atoms with Crippen molar-refractivity contribution in [1.29, 1.82) is 0 Å². The van der Waals surface area contributed by atoms with Crippen LogP contribution in [0.25, 0.3) is 0 Å². The van der Waals surface area contributed by atoms with Gasteiger partial charge in [-0.15, -0.1) is 0 Å². The van der Waals surface area contributed by atoms with Gasteiger partial charge in [0, 0.05) is 6.42 Å². The average molecular weight is 850 g/mol. The van der Waals surface area contributed by atoms with Gasteiger partial charge >= 0.3 is 0 Å². The number of aliphatic hydroxyl groups is 5. The largest absolute Gasteiger partial charge is 0.394 e. The van der Waals surface area contributed by atoms with Crippen LogP contribution in [0.2, 0.25) is 0 Å². The van der Waals surface area contributed by atoms with Crippen molar-refractivity contribution >= 4 is 5.91 Å². The van der Waals surface area contributed by atoms with Gasteiger partial charge < -0.3 is 40.3 Å². The van der Waals surface area contributed by atoms with E-state index in [-0.39, 0.29) is 12.5 Å². The molecule has 0 radical (unpaired) electrons. The van der Waals surface area contributed by atoms with Crippen molar-refractivity contribution in [2.75, 3.05) is 13.2 Å². The third kappa shape index (κ3) is 31.3. The van der Waals surface area contributed by atoms with E-state index >= 15 is 0 Å². The second-order valence-electron chi connectivity index (χ2n) is 17.6. The molecule has 0 aromatic carbocycles. The maximum Gasteiger partial charge on any atom is 0.220 e. The van der Waals surface area contributed by atoms with Crippen LogP contribution in [0.3, 0.4) is 0 Å². The Kier molecular flexibility index (Phi) is 39.0. The smallest absolute Gasteiger partial charge is 0.220 e. The summed E-state index contributed by atoms with van der Waals surface area (Å²) in [6.45, 7) is 3.72. The molecule has 1 heterocycles. The molecule has 0 aromatic heterocycles. The van der Waals surface area contributed by atoms with Crippen molar-refractivity contribution in [3.05, 3.63) is 36.5 Å². The highest BCUT2D eigenvalue weighted by Crippen LogP contribution is 2.23. The Bertz CT molecular complexity index is 1030. The van der Waals surface area contributed by atoms with E-state index in [0.717, 1.165) is 64.2 Å². The normalized spacial score (nSPS) is 20.8. The maximum atomic E-state index is 12.9. The minimum atomic E-state index is -1.57. The minimum absolute atomic E-state index is 0.198. The first-order valence-electron chi connectivity index (χ1n) is 25.2. The van der Waals surface area contributed by atoms with Crippen LogP contribution in [0, 0.1) is 0 Å². The van der Waals surface area contributed by atoms with Crippen LogP contribution in [0.5, 0.6) is 0 Å².